The van der Waals surface area contributed by atoms with Crippen molar-refractivity contribution < 1.29 is 9.59 Å². The number of piperidine rings is 1. The van der Waals surface area contributed by atoms with Crippen molar-refractivity contribution >= 4 is 36.0 Å². The fourth-order valence-corrected chi connectivity index (χ4v) is 3.71. The molecule has 5 N–H and O–H groups in total. The largest absolute Gasteiger partial charge is 0.369 e. The number of primary amides is 1. The predicted octanol–water partition coefficient (Wildman–Crippen LogP) is 1.50. The maximum atomic E-state index is 12.0. The lowest BCUT2D eigenvalue weighted by molar-refractivity contribution is -0.123. The van der Waals surface area contributed by atoms with E-state index >= 15 is 0 Å². The highest BCUT2D eigenvalue weighted by atomic mass is 35.5. The molecule has 1 aromatic rings. The molecule has 0 aliphatic carbocycles. The maximum Gasteiger partial charge on any atom is 0.237 e. The fourth-order valence-electron chi connectivity index (χ4n) is 3.22. The second kappa shape index (κ2) is 12.2. The normalized spacial score (nSPS) is 18.4. The summed E-state index contributed by atoms with van der Waals surface area (Å²) in [6.45, 7) is 2.97. The summed E-state index contributed by atoms with van der Waals surface area (Å²) in [5.41, 5.74) is 13.6. The molecule has 8 heteroatoms. The number of hydrogen-bond donors (Lipinski definition) is 3. The SMILES string of the molecule is CSCC[C@H](N)C(=O)NCc1cccc(CN2CCCC(C(N)=O)C2)c1.Cl. The summed E-state index contributed by atoms with van der Waals surface area (Å²) in [7, 11) is 0. The van der Waals surface area contributed by atoms with Gasteiger partial charge in [0.05, 0.1) is 12.0 Å². The highest BCUT2D eigenvalue weighted by Crippen LogP contribution is 2.18. The molecule has 2 atom stereocenters. The van der Waals surface area contributed by atoms with E-state index in [1.807, 2.05) is 18.4 Å². The van der Waals surface area contributed by atoms with E-state index < -0.39 is 6.04 Å². The summed E-state index contributed by atoms with van der Waals surface area (Å²) in [6.07, 6.45) is 4.57. The van der Waals surface area contributed by atoms with Crippen LogP contribution in [0.1, 0.15) is 30.4 Å². The minimum absolute atomic E-state index is 0. The molecule has 0 spiro atoms. The van der Waals surface area contributed by atoms with Crippen LogP contribution in [-0.4, -0.2) is 47.9 Å². The molecule has 1 aromatic carbocycles. The Morgan fingerprint density at radius 1 is 1.37 bits per heavy atom. The van der Waals surface area contributed by atoms with Crippen molar-refractivity contribution in [1.29, 1.82) is 0 Å². The van der Waals surface area contributed by atoms with Crippen LogP contribution in [0.5, 0.6) is 0 Å². The van der Waals surface area contributed by atoms with Crippen molar-refractivity contribution in [3.63, 3.8) is 0 Å². The third-order valence-corrected chi connectivity index (χ3v) is 5.39. The van der Waals surface area contributed by atoms with Gasteiger partial charge >= 0.3 is 0 Å². The first-order valence-corrected chi connectivity index (χ1v) is 10.5. The number of thioether (sulfide) groups is 1. The van der Waals surface area contributed by atoms with E-state index in [2.05, 4.69) is 22.3 Å². The van der Waals surface area contributed by atoms with Crippen LogP contribution < -0.4 is 16.8 Å². The number of nitrogens with two attached hydrogens (primary N) is 2. The van der Waals surface area contributed by atoms with Crippen LogP contribution in [0, 0.1) is 5.92 Å². The number of nitrogens with one attached hydrogen (secondary N) is 1. The van der Waals surface area contributed by atoms with Gasteiger partial charge in [0.25, 0.3) is 0 Å². The van der Waals surface area contributed by atoms with E-state index in [-0.39, 0.29) is 30.1 Å². The molecule has 1 aliphatic rings. The van der Waals surface area contributed by atoms with Crippen LogP contribution in [0.15, 0.2) is 24.3 Å². The number of carbonyl (C=O) groups excluding carboxylic acids is 2. The molecule has 152 valence electrons. The number of rotatable bonds is 9. The smallest absolute Gasteiger partial charge is 0.237 e. The average molecular weight is 415 g/mol. The Kier molecular flexibility index (Phi) is 10.8. The lowest BCUT2D eigenvalue weighted by Gasteiger charge is -2.31. The number of halogens is 1. The van der Waals surface area contributed by atoms with Crippen LogP contribution >= 0.6 is 24.2 Å². The number of benzene rings is 1. The number of likely N-dealkylation sites (tertiary alicyclic amines) is 1. The van der Waals surface area contributed by atoms with Crippen LogP contribution in [0.4, 0.5) is 0 Å². The molecular formula is C19H31ClN4O2S. The molecule has 27 heavy (non-hydrogen) atoms. The Morgan fingerprint density at radius 3 is 2.81 bits per heavy atom. The van der Waals surface area contributed by atoms with E-state index in [9.17, 15) is 9.59 Å². The van der Waals surface area contributed by atoms with Crippen molar-refractivity contribution in [1.82, 2.24) is 10.2 Å². The lowest BCUT2D eigenvalue weighted by atomic mass is 9.97. The lowest BCUT2D eigenvalue weighted by Crippen LogP contribution is -2.41. The van der Waals surface area contributed by atoms with Crippen molar-refractivity contribution in [2.24, 2.45) is 17.4 Å². The van der Waals surface area contributed by atoms with Gasteiger partial charge in [0.1, 0.15) is 0 Å². The minimum Gasteiger partial charge on any atom is -0.369 e. The number of carbonyl (C=O) groups is 2. The molecule has 2 amide bonds. The standard InChI is InChI=1S/C19H30N4O2S.ClH/c1-26-9-7-17(20)19(25)22-11-14-4-2-5-15(10-14)12-23-8-3-6-16(13-23)18(21)24;/h2,4-5,10,16-17H,3,6-9,11-13,20H2,1H3,(H2,21,24)(H,22,25);1H/t16?,17-;/m0./s1. The van der Waals surface area contributed by atoms with Crippen molar-refractivity contribution in [2.45, 2.75) is 38.4 Å². The van der Waals surface area contributed by atoms with Gasteiger partial charge in [-0.15, -0.1) is 12.4 Å². The highest BCUT2D eigenvalue weighted by Gasteiger charge is 2.23. The van der Waals surface area contributed by atoms with Gasteiger partial charge in [-0.05, 0) is 48.9 Å². The molecule has 2 rings (SSSR count). The number of hydrogen-bond acceptors (Lipinski definition) is 5. The van der Waals surface area contributed by atoms with E-state index in [1.54, 1.807) is 11.8 Å². The maximum absolute atomic E-state index is 12.0. The molecule has 0 saturated carbocycles. The summed E-state index contributed by atoms with van der Waals surface area (Å²) in [6, 6.07) is 7.72. The molecular weight excluding hydrogens is 384 g/mol. The van der Waals surface area contributed by atoms with Crippen LogP contribution in [0.25, 0.3) is 0 Å². The Balaban J connectivity index is 0.00000364. The molecule has 6 nitrogen and oxygen atoms in total. The molecule has 1 heterocycles. The molecule has 1 unspecified atom stereocenters. The summed E-state index contributed by atoms with van der Waals surface area (Å²) in [5.74, 6) is 0.523. The van der Waals surface area contributed by atoms with Gasteiger partial charge in [-0.1, -0.05) is 24.3 Å². The first-order chi connectivity index (χ1) is 12.5. The monoisotopic (exact) mass is 414 g/mol. The summed E-state index contributed by atoms with van der Waals surface area (Å²) < 4.78 is 0. The van der Waals surface area contributed by atoms with Gasteiger partial charge < -0.3 is 16.8 Å². The Morgan fingerprint density at radius 2 is 2.11 bits per heavy atom. The zero-order chi connectivity index (χ0) is 18.9. The fraction of sp³-hybridized carbons (Fsp3) is 0.579. The molecule has 0 radical (unpaired) electrons. The Bertz CT molecular complexity index is 617. The average Bonchev–Trinajstić information content (AvgIpc) is 2.64. The molecule has 1 saturated heterocycles. The van der Waals surface area contributed by atoms with E-state index in [1.165, 1.54) is 5.56 Å². The Labute approximate surface area is 172 Å². The molecule has 1 fully saturated rings. The Hall–Kier alpha value is -1.28. The van der Waals surface area contributed by atoms with Crippen LogP contribution in [0.2, 0.25) is 0 Å². The molecule has 0 bridgehead atoms. The van der Waals surface area contributed by atoms with Gasteiger partial charge in [-0.3, -0.25) is 14.5 Å². The third kappa shape index (κ3) is 8.09. The topological polar surface area (TPSA) is 101 Å². The van der Waals surface area contributed by atoms with Crippen LogP contribution in [-0.2, 0) is 22.7 Å². The van der Waals surface area contributed by atoms with Gasteiger partial charge in [0.15, 0.2) is 0 Å². The van der Waals surface area contributed by atoms with Gasteiger partial charge in [0.2, 0.25) is 11.8 Å². The first-order valence-electron chi connectivity index (χ1n) is 9.11. The van der Waals surface area contributed by atoms with Crippen LogP contribution in [0.3, 0.4) is 0 Å². The summed E-state index contributed by atoms with van der Waals surface area (Å²) in [4.78, 5) is 25.7. The van der Waals surface area contributed by atoms with Gasteiger partial charge in [0, 0.05) is 19.6 Å². The molecule has 0 aromatic heterocycles. The van der Waals surface area contributed by atoms with Crippen molar-refractivity contribution in [2.75, 3.05) is 25.1 Å². The van der Waals surface area contributed by atoms with Gasteiger partial charge in [-0.25, -0.2) is 0 Å². The second-order valence-corrected chi connectivity index (χ2v) is 7.89. The van der Waals surface area contributed by atoms with E-state index in [4.69, 9.17) is 11.5 Å². The quantitative estimate of drug-likeness (QED) is 0.568. The number of nitrogens with zero attached hydrogens (tertiary/aromatic N) is 1. The summed E-state index contributed by atoms with van der Waals surface area (Å²) in [5, 5.41) is 2.91. The van der Waals surface area contributed by atoms with Crippen molar-refractivity contribution in [3.8, 4) is 0 Å². The third-order valence-electron chi connectivity index (χ3n) is 4.74. The number of amides is 2. The zero-order valence-electron chi connectivity index (χ0n) is 15.9. The van der Waals surface area contributed by atoms with Crippen molar-refractivity contribution in [3.05, 3.63) is 35.4 Å². The van der Waals surface area contributed by atoms with Gasteiger partial charge in [-0.2, -0.15) is 11.8 Å². The van der Waals surface area contributed by atoms with E-state index in [0.29, 0.717) is 13.0 Å². The predicted molar refractivity (Wildman–Crippen MR) is 114 cm³/mol. The summed E-state index contributed by atoms with van der Waals surface area (Å²) >= 11 is 1.69. The zero-order valence-corrected chi connectivity index (χ0v) is 17.5. The second-order valence-electron chi connectivity index (χ2n) is 6.90. The molecule has 1 aliphatic heterocycles. The minimum atomic E-state index is -0.454. The highest BCUT2D eigenvalue weighted by molar-refractivity contribution is 7.98. The van der Waals surface area contributed by atoms with E-state index in [0.717, 1.165) is 43.8 Å². The first kappa shape index (κ1) is 23.8.